The summed E-state index contributed by atoms with van der Waals surface area (Å²) in [5.41, 5.74) is 0.468. The highest BCUT2D eigenvalue weighted by atomic mass is 16.2. The van der Waals surface area contributed by atoms with Gasteiger partial charge in [0.15, 0.2) is 0 Å². The van der Waals surface area contributed by atoms with E-state index in [1.165, 1.54) is 25.9 Å². The van der Waals surface area contributed by atoms with Gasteiger partial charge in [-0.25, -0.2) is 0 Å². The minimum atomic E-state index is 0.252. The van der Waals surface area contributed by atoms with E-state index in [1.807, 2.05) is 11.9 Å². The molecule has 15 heavy (non-hydrogen) atoms. The molecular formula is C11H21N3O. The average molecular weight is 211 g/mol. The summed E-state index contributed by atoms with van der Waals surface area (Å²) in [6, 6.07) is 0. The summed E-state index contributed by atoms with van der Waals surface area (Å²) in [5.74, 6) is 0.252. The second kappa shape index (κ2) is 4.10. The summed E-state index contributed by atoms with van der Waals surface area (Å²) < 4.78 is 0. The van der Waals surface area contributed by atoms with E-state index < -0.39 is 0 Å². The fraction of sp³-hybridized carbons (Fsp3) is 0.909. The van der Waals surface area contributed by atoms with Crippen LogP contribution >= 0.6 is 0 Å². The smallest absolute Gasteiger partial charge is 0.236 e. The molecule has 2 aliphatic rings. The van der Waals surface area contributed by atoms with Gasteiger partial charge in [-0.1, -0.05) is 0 Å². The Morgan fingerprint density at radius 1 is 1.33 bits per heavy atom. The molecular weight excluding hydrogens is 190 g/mol. The number of carbonyl (C=O) groups excluding carboxylic acids is 1. The van der Waals surface area contributed by atoms with Gasteiger partial charge < -0.3 is 15.1 Å². The second-order valence-corrected chi connectivity index (χ2v) is 5.08. The van der Waals surface area contributed by atoms with Crippen molar-refractivity contribution >= 4 is 5.91 Å². The van der Waals surface area contributed by atoms with Crippen LogP contribution in [0.1, 0.15) is 12.8 Å². The summed E-state index contributed by atoms with van der Waals surface area (Å²) in [4.78, 5) is 15.9. The maximum absolute atomic E-state index is 11.6. The molecule has 0 aromatic heterocycles. The fourth-order valence-corrected chi connectivity index (χ4v) is 2.61. The molecule has 0 unspecified atom stereocenters. The molecule has 2 heterocycles. The number of hydrogen-bond donors (Lipinski definition) is 1. The van der Waals surface area contributed by atoms with Crippen molar-refractivity contribution < 1.29 is 4.79 Å². The van der Waals surface area contributed by atoms with E-state index in [0.29, 0.717) is 12.0 Å². The lowest BCUT2D eigenvalue weighted by Crippen LogP contribution is -2.62. The normalized spacial score (nSPS) is 25.3. The summed E-state index contributed by atoms with van der Waals surface area (Å²) in [6.45, 7) is 4.83. The first-order chi connectivity index (χ1) is 7.15. The van der Waals surface area contributed by atoms with Crippen LogP contribution in [0.3, 0.4) is 0 Å². The lowest BCUT2D eigenvalue weighted by molar-refractivity contribution is -0.145. The van der Waals surface area contributed by atoms with E-state index in [0.717, 1.165) is 13.1 Å². The van der Waals surface area contributed by atoms with Crippen molar-refractivity contribution in [3.05, 3.63) is 0 Å². The number of likely N-dealkylation sites (N-methyl/N-ethyl adjacent to an activating group) is 1. The van der Waals surface area contributed by atoms with Crippen molar-refractivity contribution in [1.29, 1.82) is 0 Å². The molecule has 0 aromatic carbocycles. The first-order valence-corrected chi connectivity index (χ1v) is 5.76. The fourth-order valence-electron chi connectivity index (χ4n) is 2.61. The van der Waals surface area contributed by atoms with E-state index in [1.54, 1.807) is 0 Å². The van der Waals surface area contributed by atoms with Crippen LogP contribution < -0.4 is 5.32 Å². The summed E-state index contributed by atoms with van der Waals surface area (Å²) in [7, 11) is 4.00. The SMILES string of the molecule is CNCC(=O)N1CC2(CCN(C)CC2)C1. The van der Waals surface area contributed by atoms with Crippen molar-refractivity contribution in [2.75, 3.05) is 46.8 Å². The molecule has 1 N–H and O–H groups in total. The number of nitrogens with zero attached hydrogens (tertiary/aromatic N) is 2. The van der Waals surface area contributed by atoms with Gasteiger partial charge in [0, 0.05) is 18.5 Å². The van der Waals surface area contributed by atoms with Gasteiger partial charge in [-0.05, 0) is 40.0 Å². The number of likely N-dealkylation sites (tertiary alicyclic amines) is 2. The molecule has 2 fully saturated rings. The van der Waals surface area contributed by atoms with E-state index in [2.05, 4.69) is 17.3 Å². The van der Waals surface area contributed by atoms with Crippen LogP contribution in [0.4, 0.5) is 0 Å². The van der Waals surface area contributed by atoms with Gasteiger partial charge in [0.05, 0.1) is 6.54 Å². The van der Waals surface area contributed by atoms with Crippen LogP contribution in [0.15, 0.2) is 0 Å². The minimum absolute atomic E-state index is 0.252. The van der Waals surface area contributed by atoms with Crippen LogP contribution in [0.25, 0.3) is 0 Å². The largest absolute Gasteiger partial charge is 0.340 e. The molecule has 2 rings (SSSR count). The minimum Gasteiger partial charge on any atom is -0.340 e. The van der Waals surface area contributed by atoms with Gasteiger partial charge in [-0.2, -0.15) is 0 Å². The molecule has 0 radical (unpaired) electrons. The van der Waals surface area contributed by atoms with E-state index in [9.17, 15) is 4.79 Å². The molecule has 1 amide bonds. The van der Waals surface area contributed by atoms with Crippen LogP contribution in [-0.4, -0.2) is 62.5 Å². The Hall–Kier alpha value is -0.610. The molecule has 86 valence electrons. The molecule has 4 heteroatoms. The maximum atomic E-state index is 11.6. The molecule has 0 saturated carbocycles. The highest BCUT2D eigenvalue weighted by molar-refractivity contribution is 5.79. The maximum Gasteiger partial charge on any atom is 0.236 e. The van der Waals surface area contributed by atoms with Crippen LogP contribution in [0.2, 0.25) is 0 Å². The monoisotopic (exact) mass is 211 g/mol. The Kier molecular flexibility index (Phi) is 2.98. The highest BCUT2D eigenvalue weighted by Gasteiger charge is 2.45. The second-order valence-electron chi connectivity index (χ2n) is 5.08. The number of rotatable bonds is 2. The lowest BCUT2D eigenvalue weighted by Gasteiger charge is -2.53. The Labute approximate surface area is 91.6 Å². The van der Waals surface area contributed by atoms with Crippen molar-refractivity contribution in [3.63, 3.8) is 0 Å². The van der Waals surface area contributed by atoms with Gasteiger partial charge in [-0.3, -0.25) is 4.79 Å². The zero-order chi connectivity index (χ0) is 10.9. The van der Waals surface area contributed by atoms with Crippen LogP contribution in [0.5, 0.6) is 0 Å². The van der Waals surface area contributed by atoms with E-state index in [4.69, 9.17) is 0 Å². The Balaban J connectivity index is 1.79. The molecule has 0 aliphatic carbocycles. The third-order valence-electron chi connectivity index (χ3n) is 3.78. The summed E-state index contributed by atoms with van der Waals surface area (Å²) in [6.07, 6.45) is 2.51. The molecule has 4 nitrogen and oxygen atoms in total. The number of amides is 1. The van der Waals surface area contributed by atoms with E-state index in [-0.39, 0.29) is 5.91 Å². The zero-order valence-corrected chi connectivity index (χ0v) is 9.75. The zero-order valence-electron chi connectivity index (χ0n) is 9.75. The number of nitrogens with one attached hydrogen (secondary N) is 1. The van der Waals surface area contributed by atoms with Gasteiger partial charge in [-0.15, -0.1) is 0 Å². The third kappa shape index (κ3) is 2.16. The number of carbonyl (C=O) groups is 1. The first-order valence-electron chi connectivity index (χ1n) is 5.76. The van der Waals surface area contributed by atoms with Gasteiger partial charge in [0.25, 0.3) is 0 Å². The van der Waals surface area contributed by atoms with Gasteiger partial charge in [0.2, 0.25) is 5.91 Å². The Bertz CT molecular complexity index is 238. The molecule has 0 aromatic rings. The standard InChI is InChI=1S/C11H21N3O/c1-12-7-10(15)14-8-11(9-14)3-5-13(2)6-4-11/h12H,3-9H2,1-2H3. The predicted octanol–water partition coefficient (Wildman–Crippen LogP) is -0.240. The topological polar surface area (TPSA) is 35.6 Å². The van der Waals surface area contributed by atoms with E-state index >= 15 is 0 Å². The third-order valence-corrected chi connectivity index (χ3v) is 3.78. The van der Waals surface area contributed by atoms with Crippen molar-refractivity contribution in [1.82, 2.24) is 15.1 Å². The first kappa shape index (κ1) is 10.9. The Morgan fingerprint density at radius 3 is 2.47 bits per heavy atom. The summed E-state index contributed by atoms with van der Waals surface area (Å²) in [5, 5.41) is 2.92. The van der Waals surface area contributed by atoms with Gasteiger partial charge in [0.1, 0.15) is 0 Å². The quantitative estimate of drug-likeness (QED) is 0.685. The molecule has 0 atom stereocenters. The predicted molar refractivity (Wildman–Crippen MR) is 59.7 cm³/mol. The molecule has 2 aliphatic heterocycles. The Morgan fingerprint density at radius 2 is 1.93 bits per heavy atom. The number of hydrogen-bond acceptors (Lipinski definition) is 3. The van der Waals surface area contributed by atoms with Crippen molar-refractivity contribution in [2.45, 2.75) is 12.8 Å². The lowest BCUT2D eigenvalue weighted by atomic mass is 9.72. The highest BCUT2D eigenvalue weighted by Crippen LogP contribution is 2.39. The van der Waals surface area contributed by atoms with Crippen LogP contribution in [-0.2, 0) is 4.79 Å². The molecule has 1 spiro atoms. The molecule has 0 bridgehead atoms. The van der Waals surface area contributed by atoms with Crippen molar-refractivity contribution in [2.24, 2.45) is 5.41 Å². The van der Waals surface area contributed by atoms with Crippen LogP contribution in [0, 0.1) is 5.41 Å². The number of piperidine rings is 1. The average Bonchev–Trinajstić information content (AvgIpc) is 2.16. The van der Waals surface area contributed by atoms with Gasteiger partial charge >= 0.3 is 0 Å². The summed E-state index contributed by atoms with van der Waals surface area (Å²) >= 11 is 0. The van der Waals surface area contributed by atoms with Crippen molar-refractivity contribution in [3.8, 4) is 0 Å². The molecule has 2 saturated heterocycles.